The van der Waals surface area contributed by atoms with Crippen molar-refractivity contribution in [1.82, 2.24) is 24.6 Å². The van der Waals surface area contributed by atoms with Crippen LogP contribution in [0.4, 0.5) is 13.2 Å². The highest BCUT2D eigenvalue weighted by Gasteiger charge is 2.32. The van der Waals surface area contributed by atoms with Gasteiger partial charge in [0.05, 0.1) is 40.9 Å². The first-order chi connectivity index (χ1) is 16.4. The van der Waals surface area contributed by atoms with Crippen LogP contribution in [0.25, 0.3) is 22.2 Å². The molecule has 1 amide bonds. The average Bonchev–Trinajstić information content (AvgIpc) is 3.49. The minimum absolute atomic E-state index is 0.0375. The van der Waals surface area contributed by atoms with E-state index in [1.807, 2.05) is 33.7 Å². The molecule has 1 aliphatic rings. The van der Waals surface area contributed by atoms with Gasteiger partial charge in [0.15, 0.2) is 0 Å². The number of likely N-dealkylation sites (tertiary alicyclic amines) is 1. The number of nitrogens with one attached hydrogen (secondary N) is 1. The molecular formula is C25H24F3N5O. The summed E-state index contributed by atoms with van der Waals surface area (Å²) in [6.45, 7) is 1.16. The monoisotopic (exact) mass is 467 g/mol. The SMILES string of the molecule is O=C(CCn1cnc2ccccc21)N1CCCCC1c1[nH]ncc1-c1ccc(C(F)(F)F)cc1. The van der Waals surface area contributed by atoms with Crippen LogP contribution in [0.15, 0.2) is 61.1 Å². The third-order valence-electron chi connectivity index (χ3n) is 6.44. The van der Waals surface area contributed by atoms with E-state index in [2.05, 4.69) is 15.2 Å². The van der Waals surface area contributed by atoms with Crippen molar-refractivity contribution in [2.24, 2.45) is 0 Å². The third kappa shape index (κ3) is 4.30. The smallest absolute Gasteiger partial charge is 0.334 e. The van der Waals surface area contributed by atoms with Gasteiger partial charge in [0, 0.05) is 25.1 Å². The molecular weight excluding hydrogens is 443 g/mol. The predicted octanol–water partition coefficient (Wildman–Crippen LogP) is 5.59. The van der Waals surface area contributed by atoms with Crippen molar-refractivity contribution < 1.29 is 18.0 Å². The Morgan fingerprint density at radius 2 is 1.88 bits per heavy atom. The standard InChI is InChI=1S/C25H24F3N5O/c26-25(27,28)18-10-8-17(9-11-18)19-15-30-31-24(19)22-7-3-4-13-33(22)23(34)12-14-32-16-29-20-5-1-2-6-21(20)32/h1-2,5-6,8-11,15-16,22H,3-4,7,12-14H2,(H,30,31). The van der Waals surface area contributed by atoms with Gasteiger partial charge >= 0.3 is 6.18 Å². The van der Waals surface area contributed by atoms with Crippen LogP contribution in [-0.2, 0) is 17.5 Å². The summed E-state index contributed by atoms with van der Waals surface area (Å²) in [6.07, 6.45) is 1.98. The van der Waals surface area contributed by atoms with Crippen molar-refractivity contribution in [3.05, 3.63) is 72.3 Å². The summed E-state index contributed by atoms with van der Waals surface area (Å²) in [5.74, 6) is 0.0375. The maximum Gasteiger partial charge on any atom is 0.416 e. The lowest BCUT2D eigenvalue weighted by Gasteiger charge is -2.36. The Labute approximate surface area is 194 Å². The number of carbonyl (C=O) groups excluding carboxylic acids is 1. The summed E-state index contributed by atoms with van der Waals surface area (Å²) in [5.41, 5.74) is 3.32. The van der Waals surface area contributed by atoms with E-state index in [1.54, 1.807) is 12.5 Å². The molecule has 9 heteroatoms. The average molecular weight is 467 g/mol. The predicted molar refractivity (Wildman–Crippen MR) is 122 cm³/mol. The summed E-state index contributed by atoms with van der Waals surface area (Å²) in [4.78, 5) is 19.5. The number of aromatic nitrogens is 4. The van der Waals surface area contributed by atoms with Gasteiger partial charge < -0.3 is 9.47 Å². The number of alkyl halides is 3. The number of hydrogen-bond acceptors (Lipinski definition) is 3. The normalized spacial score (nSPS) is 16.8. The molecule has 6 nitrogen and oxygen atoms in total. The highest BCUT2D eigenvalue weighted by Crippen LogP contribution is 2.37. The first-order valence-corrected chi connectivity index (χ1v) is 11.3. The van der Waals surface area contributed by atoms with Crippen molar-refractivity contribution >= 4 is 16.9 Å². The summed E-state index contributed by atoms with van der Waals surface area (Å²) in [5, 5.41) is 7.18. The van der Waals surface area contributed by atoms with Gasteiger partial charge in [-0.3, -0.25) is 9.89 Å². The quantitative estimate of drug-likeness (QED) is 0.416. The first kappa shape index (κ1) is 22.2. The number of hydrogen-bond donors (Lipinski definition) is 1. The largest absolute Gasteiger partial charge is 0.416 e. The lowest BCUT2D eigenvalue weighted by Crippen LogP contribution is -2.39. The van der Waals surface area contributed by atoms with Crippen LogP contribution in [0.1, 0.15) is 43.0 Å². The number of amides is 1. The minimum Gasteiger partial charge on any atom is -0.334 e. The van der Waals surface area contributed by atoms with Crippen LogP contribution in [0, 0.1) is 0 Å². The molecule has 1 atom stereocenters. The van der Waals surface area contributed by atoms with Crippen molar-refractivity contribution in [2.45, 2.75) is 44.4 Å². The zero-order chi connectivity index (χ0) is 23.7. The molecule has 2 aromatic carbocycles. The van der Waals surface area contributed by atoms with Crippen LogP contribution in [-0.4, -0.2) is 37.1 Å². The second kappa shape index (κ2) is 8.96. The van der Waals surface area contributed by atoms with Crippen molar-refractivity contribution in [1.29, 1.82) is 0 Å². The van der Waals surface area contributed by atoms with Crippen LogP contribution in [0.2, 0.25) is 0 Å². The van der Waals surface area contributed by atoms with E-state index >= 15 is 0 Å². The van der Waals surface area contributed by atoms with E-state index in [1.165, 1.54) is 12.1 Å². The van der Waals surface area contributed by atoms with E-state index in [4.69, 9.17) is 0 Å². The van der Waals surface area contributed by atoms with E-state index < -0.39 is 11.7 Å². The van der Waals surface area contributed by atoms with E-state index in [9.17, 15) is 18.0 Å². The fourth-order valence-corrected chi connectivity index (χ4v) is 4.70. The lowest BCUT2D eigenvalue weighted by atomic mass is 9.94. The Morgan fingerprint density at radius 3 is 2.68 bits per heavy atom. The van der Waals surface area contributed by atoms with E-state index in [-0.39, 0.29) is 11.9 Å². The molecule has 1 N–H and O–H groups in total. The van der Waals surface area contributed by atoms with Gasteiger partial charge in [-0.05, 0) is 49.1 Å². The summed E-state index contributed by atoms with van der Waals surface area (Å²) < 4.78 is 40.9. The molecule has 4 aromatic rings. The molecule has 0 spiro atoms. The Hall–Kier alpha value is -3.62. The number of benzene rings is 2. The number of rotatable bonds is 5. The molecule has 176 valence electrons. The number of fused-ring (bicyclic) bond motifs is 1. The van der Waals surface area contributed by atoms with Crippen LogP contribution < -0.4 is 0 Å². The molecule has 0 saturated carbocycles. The van der Waals surface area contributed by atoms with Gasteiger partial charge in [0.2, 0.25) is 5.91 Å². The number of piperidine rings is 1. The molecule has 0 bridgehead atoms. The molecule has 0 aliphatic carbocycles. The van der Waals surface area contributed by atoms with Crippen molar-refractivity contribution in [3.63, 3.8) is 0 Å². The zero-order valence-corrected chi connectivity index (χ0v) is 18.4. The van der Waals surface area contributed by atoms with Crippen molar-refractivity contribution in [2.75, 3.05) is 6.54 Å². The number of aryl methyl sites for hydroxylation is 1. The number of nitrogens with zero attached hydrogens (tertiary/aromatic N) is 4. The first-order valence-electron chi connectivity index (χ1n) is 11.3. The molecule has 2 aromatic heterocycles. The highest BCUT2D eigenvalue weighted by atomic mass is 19.4. The summed E-state index contributed by atoms with van der Waals surface area (Å²) in [6, 6.07) is 12.7. The molecule has 0 radical (unpaired) electrons. The summed E-state index contributed by atoms with van der Waals surface area (Å²) in [7, 11) is 0. The Morgan fingerprint density at radius 1 is 1.09 bits per heavy atom. The second-order valence-corrected chi connectivity index (χ2v) is 8.55. The van der Waals surface area contributed by atoms with Gasteiger partial charge in [-0.15, -0.1) is 0 Å². The Kier molecular flexibility index (Phi) is 5.85. The van der Waals surface area contributed by atoms with Crippen LogP contribution in [0.5, 0.6) is 0 Å². The number of imidazole rings is 1. The Balaban J connectivity index is 1.35. The second-order valence-electron chi connectivity index (χ2n) is 8.55. The molecule has 34 heavy (non-hydrogen) atoms. The maximum absolute atomic E-state index is 13.3. The number of carbonyl (C=O) groups is 1. The van der Waals surface area contributed by atoms with E-state index in [0.29, 0.717) is 25.1 Å². The van der Waals surface area contributed by atoms with Crippen LogP contribution in [0.3, 0.4) is 0 Å². The maximum atomic E-state index is 13.3. The minimum atomic E-state index is -4.38. The van der Waals surface area contributed by atoms with Gasteiger partial charge in [-0.25, -0.2) is 4.98 Å². The molecule has 1 unspecified atom stereocenters. The molecule has 1 aliphatic heterocycles. The number of H-pyrrole nitrogens is 1. The van der Waals surface area contributed by atoms with Crippen LogP contribution >= 0.6 is 0 Å². The zero-order valence-electron chi connectivity index (χ0n) is 18.4. The molecule has 1 fully saturated rings. The summed E-state index contributed by atoms with van der Waals surface area (Å²) >= 11 is 0. The Bertz CT molecular complexity index is 1290. The fraction of sp³-hybridized carbons (Fsp3) is 0.320. The van der Waals surface area contributed by atoms with Gasteiger partial charge in [0.25, 0.3) is 0 Å². The number of aromatic amines is 1. The topological polar surface area (TPSA) is 66.8 Å². The lowest BCUT2D eigenvalue weighted by molar-refractivity contribution is -0.137. The fourth-order valence-electron chi connectivity index (χ4n) is 4.70. The molecule has 3 heterocycles. The number of halogens is 3. The number of para-hydroxylation sites is 2. The van der Waals surface area contributed by atoms with Gasteiger partial charge in [-0.2, -0.15) is 18.3 Å². The van der Waals surface area contributed by atoms with Crippen molar-refractivity contribution in [3.8, 4) is 11.1 Å². The van der Waals surface area contributed by atoms with E-state index in [0.717, 1.165) is 53.7 Å². The van der Waals surface area contributed by atoms with Gasteiger partial charge in [0.1, 0.15) is 0 Å². The van der Waals surface area contributed by atoms with Gasteiger partial charge in [-0.1, -0.05) is 24.3 Å². The molecule has 5 rings (SSSR count). The highest BCUT2D eigenvalue weighted by molar-refractivity contribution is 5.78. The third-order valence-corrected chi connectivity index (χ3v) is 6.44. The molecule has 1 saturated heterocycles.